The fourth-order valence-electron chi connectivity index (χ4n) is 3.35. The summed E-state index contributed by atoms with van der Waals surface area (Å²) in [6, 6.07) is 14.7. The Morgan fingerprint density at radius 1 is 1.14 bits per heavy atom. The van der Waals surface area contributed by atoms with Crippen molar-refractivity contribution < 1.29 is 14.3 Å². The Kier molecular flexibility index (Phi) is 5.02. The summed E-state index contributed by atoms with van der Waals surface area (Å²) in [5.74, 6) is -0.200. The van der Waals surface area contributed by atoms with Crippen LogP contribution >= 0.6 is 0 Å². The van der Waals surface area contributed by atoms with Crippen molar-refractivity contribution in [3.8, 4) is 11.4 Å². The molecule has 4 rings (SSSR count). The molecule has 0 saturated heterocycles. The molecular formula is C22H21N3O3. The molecule has 2 heterocycles. The molecule has 3 aromatic rings. The van der Waals surface area contributed by atoms with E-state index in [1.807, 2.05) is 42.5 Å². The van der Waals surface area contributed by atoms with Crippen LogP contribution in [0.25, 0.3) is 22.3 Å². The second-order valence-electron chi connectivity index (χ2n) is 6.98. The van der Waals surface area contributed by atoms with Crippen LogP contribution in [-0.4, -0.2) is 35.0 Å². The quantitative estimate of drug-likeness (QED) is 0.668. The third-order valence-electron chi connectivity index (χ3n) is 5.01. The number of carbonyl (C=O) groups excluding carboxylic acids is 2. The molecule has 6 heteroatoms. The van der Waals surface area contributed by atoms with E-state index in [1.54, 1.807) is 12.3 Å². The van der Waals surface area contributed by atoms with Gasteiger partial charge in [0.2, 0.25) is 0 Å². The number of nitrogens with zero attached hydrogens (tertiary/aromatic N) is 2. The predicted octanol–water partition coefficient (Wildman–Crippen LogP) is 3.37. The molecule has 1 aliphatic carbocycles. The summed E-state index contributed by atoms with van der Waals surface area (Å²) in [7, 11) is 1.36. The fourth-order valence-corrected chi connectivity index (χ4v) is 3.35. The maximum Gasteiger partial charge on any atom is 0.307 e. The summed E-state index contributed by atoms with van der Waals surface area (Å²) in [6.45, 7) is 0. The standard InChI is InChI=1S/C22H21N3O3/c1-28-21(26)13-19(14-9-10-14)25-22(27)16-12-20(18-8-4-5-11-23-18)24-17-7-3-2-6-15(16)17/h2-8,11-12,14,19H,9-10,13H2,1H3,(H,25,27). The predicted molar refractivity (Wildman–Crippen MR) is 106 cm³/mol. The van der Waals surface area contributed by atoms with Crippen LogP contribution in [0.4, 0.5) is 0 Å². The van der Waals surface area contributed by atoms with Gasteiger partial charge in [0.1, 0.15) is 0 Å². The number of rotatable bonds is 6. The van der Waals surface area contributed by atoms with E-state index < -0.39 is 0 Å². The Morgan fingerprint density at radius 2 is 1.93 bits per heavy atom. The van der Waals surface area contributed by atoms with E-state index in [1.165, 1.54) is 7.11 Å². The van der Waals surface area contributed by atoms with Crippen LogP contribution in [0.2, 0.25) is 0 Å². The van der Waals surface area contributed by atoms with E-state index in [2.05, 4.69) is 15.3 Å². The minimum atomic E-state index is -0.314. The monoisotopic (exact) mass is 375 g/mol. The molecular weight excluding hydrogens is 354 g/mol. The molecule has 0 aliphatic heterocycles. The SMILES string of the molecule is COC(=O)CC(NC(=O)c1cc(-c2ccccn2)nc2ccccc12)C1CC1. The Bertz CT molecular complexity index is 1020. The molecule has 0 spiro atoms. The number of para-hydroxylation sites is 1. The number of fused-ring (bicyclic) bond motifs is 1. The molecule has 1 N–H and O–H groups in total. The first-order valence-electron chi connectivity index (χ1n) is 9.34. The van der Waals surface area contributed by atoms with E-state index >= 15 is 0 Å². The van der Waals surface area contributed by atoms with Crippen molar-refractivity contribution in [3.05, 3.63) is 60.3 Å². The fraction of sp³-hybridized carbons (Fsp3) is 0.273. The number of aromatic nitrogens is 2. The van der Waals surface area contributed by atoms with Crippen LogP contribution in [0.1, 0.15) is 29.6 Å². The van der Waals surface area contributed by atoms with Gasteiger partial charge in [-0.25, -0.2) is 4.98 Å². The molecule has 2 aromatic heterocycles. The van der Waals surface area contributed by atoms with Crippen molar-refractivity contribution in [1.82, 2.24) is 15.3 Å². The minimum Gasteiger partial charge on any atom is -0.469 e. The Labute approximate surface area is 163 Å². The molecule has 1 atom stereocenters. The molecule has 1 saturated carbocycles. The van der Waals surface area contributed by atoms with E-state index in [4.69, 9.17) is 4.74 Å². The van der Waals surface area contributed by atoms with Gasteiger partial charge in [-0.3, -0.25) is 14.6 Å². The van der Waals surface area contributed by atoms with Gasteiger partial charge in [0.05, 0.1) is 36.0 Å². The molecule has 1 fully saturated rings. The molecule has 1 aromatic carbocycles. The van der Waals surface area contributed by atoms with Crippen molar-refractivity contribution in [2.24, 2.45) is 5.92 Å². The number of esters is 1. The number of methoxy groups -OCH3 is 1. The number of ether oxygens (including phenoxy) is 1. The van der Waals surface area contributed by atoms with Crippen LogP contribution in [-0.2, 0) is 9.53 Å². The lowest BCUT2D eigenvalue weighted by atomic mass is 10.0. The number of hydrogen-bond acceptors (Lipinski definition) is 5. The number of pyridine rings is 2. The minimum absolute atomic E-state index is 0.184. The molecule has 0 radical (unpaired) electrons. The molecule has 28 heavy (non-hydrogen) atoms. The summed E-state index contributed by atoms with van der Waals surface area (Å²) in [6.07, 6.45) is 3.91. The lowest BCUT2D eigenvalue weighted by molar-refractivity contribution is -0.141. The van der Waals surface area contributed by atoms with Crippen LogP contribution in [0.15, 0.2) is 54.7 Å². The first-order chi connectivity index (χ1) is 13.7. The van der Waals surface area contributed by atoms with Gasteiger partial charge in [-0.05, 0) is 43.0 Å². The normalized spacial score (nSPS) is 14.5. The molecule has 142 valence electrons. The second-order valence-corrected chi connectivity index (χ2v) is 6.98. The van der Waals surface area contributed by atoms with Gasteiger partial charge >= 0.3 is 5.97 Å². The zero-order chi connectivity index (χ0) is 19.5. The highest BCUT2D eigenvalue weighted by molar-refractivity contribution is 6.07. The van der Waals surface area contributed by atoms with Crippen LogP contribution in [0.5, 0.6) is 0 Å². The molecule has 6 nitrogen and oxygen atoms in total. The maximum atomic E-state index is 13.1. The lowest BCUT2D eigenvalue weighted by Gasteiger charge is -2.18. The van der Waals surface area contributed by atoms with Crippen molar-refractivity contribution in [2.75, 3.05) is 7.11 Å². The van der Waals surface area contributed by atoms with Crippen LogP contribution < -0.4 is 5.32 Å². The van der Waals surface area contributed by atoms with Crippen molar-refractivity contribution in [2.45, 2.75) is 25.3 Å². The summed E-state index contributed by atoms with van der Waals surface area (Å²) < 4.78 is 4.78. The zero-order valence-electron chi connectivity index (χ0n) is 15.6. The number of amides is 1. The Balaban J connectivity index is 1.70. The highest BCUT2D eigenvalue weighted by Crippen LogP contribution is 2.34. The van der Waals surface area contributed by atoms with Gasteiger partial charge in [-0.2, -0.15) is 0 Å². The lowest BCUT2D eigenvalue weighted by Crippen LogP contribution is -2.38. The van der Waals surface area contributed by atoms with E-state index in [-0.39, 0.29) is 24.3 Å². The highest BCUT2D eigenvalue weighted by Gasteiger charge is 2.34. The van der Waals surface area contributed by atoms with Crippen molar-refractivity contribution in [3.63, 3.8) is 0 Å². The Hall–Kier alpha value is -3.28. The third kappa shape index (κ3) is 3.86. The van der Waals surface area contributed by atoms with Gasteiger partial charge < -0.3 is 10.1 Å². The average Bonchev–Trinajstić information content (AvgIpc) is 3.58. The van der Waals surface area contributed by atoms with E-state index in [9.17, 15) is 9.59 Å². The van der Waals surface area contributed by atoms with Crippen LogP contribution in [0, 0.1) is 5.92 Å². The summed E-state index contributed by atoms with van der Waals surface area (Å²) in [4.78, 5) is 33.9. The Morgan fingerprint density at radius 3 is 2.64 bits per heavy atom. The van der Waals surface area contributed by atoms with E-state index in [0.717, 1.165) is 23.7 Å². The molecule has 1 amide bonds. The largest absolute Gasteiger partial charge is 0.469 e. The smallest absolute Gasteiger partial charge is 0.307 e. The summed E-state index contributed by atoms with van der Waals surface area (Å²) >= 11 is 0. The zero-order valence-corrected chi connectivity index (χ0v) is 15.6. The number of carbonyl (C=O) groups is 2. The van der Waals surface area contributed by atoms with Crippen LogP contribution in [0.3, 0.4) is 0 Å². The highest BCUT2D eigenvalue weighted by atomic mass is 16.5. The van der Waals surface area contributed by atoms with Gasteiger partial charge in [-0.15, -0.1) is 0 Å². The molecule has 1 aliphatic rings. The maximum absolute atomic E-state index is 13.1. The van der Waals surface area contributed by atoms with Gasteiger partial charge in [0.15, 0.2) is 0 Å². The van der Waals surface area contributed by atoms with Crippen molar-refractivity contribution in [1.29, 1.82) is 0 Å². The molecule has 1 unspecified atom stereocenters. The molecule has 0 bridgehead atoms. The summed E-state index contributed by atoms with van der Waals surface area (Å²) in [5.41, 5.74) is 2.60. The first kappa shape index (κ1) is 18.1. The van der Waals surface area contributed by atoms with Crippen molar-refractivity contribution >= 4 is 22.8 Å². The van der Waals surface area contributed by atoms with Gasteiger partial charge in [0, 0.05) is 17.6 Å². The number of nitrogens with one attached hydrogen (secondary N) is 1. The number of benzene rings is 1. The topological polar surface area (TPSA) is 81.2 Å². The van der Waals surface area contributed by atoms with Gasteiger partial charge in [-0.1, -0.05) is 24.3 Å². The van der Waals surface area contributed by atoms with Gasteiger partial charge in [0.25, 0.3) is 5.91 Å². The first-order valence-corrected chi connectivity index (χ1v) is 9.34. The average molecular weight is 375 g/mol. The summed E-state index contributed by atoms with van der Waals surface area (Å²) in [5, 5.41) is 3.81. The second kappa shape index (κ2) is 7.76. The number of hydrogen-bond donors (Lipinski definition) is 1. The third-order valence-corrected chi connectivity index (χ3v) is 5.01. The van der Waals surface area contributed by atoms with E-state index in [0.29, 0.717) is 22.9 Å².